The van der Waals surface area contributed by atoms with Gasteiger partial charge >= 0.3 is 0 Å². The quantitative estimate of drug-likeness (QED) is 0.0339. The first-order chi connectivity index (χ1) is 52.2. The van der Waals surface area contributed by atoms with E-state index < -0.39 is 0 Å². The molecule has 0 amide bonds. The predicted molar refractivity (Wildman–Crippen MR) is 429 cm³/mol. The van der Waals surface area contributed by atoms with Gasteiger partial charge in [-0.25, -0.2) is 0 Å². The van der Waals surface area contributed by atoms with Gasteiger partial charge in [-0.2, -0.15) is 0 Å². The number of hydrogen-bond donors (Lipinski definition) is 0. The third-order valence-corrected chi connectivity index (χ3v) is 20.8. The Bertz CT molecular complexity index is 3980. The van der Waals surface area contributed by atoms with Gasteiger partial charge in [-0.3, -0.25) is 0 Å². The van der Waals surface area contributed by atoms with Gasteiger partial charge in [-0.15, -0.1) is 0 Å². The second-order valence-electron chi connectivity index (χ2n) is 27.7. The lowest BCUT2D eigenvalue weighted by Gasteiger charge is -2.33. The Kier molecular flexibility index (Phi) is 27.5. The van der Waals surface area contributed by atoms with E-state index in [4.69, 9.17) is 56.8 Å². The molecule has 10 aromatic carbocycles. The summed E-state index contributed by atoms with van der Waals surface area (Å²) in [6.45, 7) is 17.6. The SMILES string of the molecule is CCCC1(CCC)c2cc(-c3cc(-c4ccc(OCCOCCOC)cc4)cc(-c4ccc(OCCOCCOC)cc4)c3)ccc2-c2ccc(-c3ccc4c(c3)C(CCC)(CCC)c3cc(-c5cc(-c6ccc(OCCOCCOC)cc6)cc(-c6ccc(OCCOCCOC)cc6)c5)ccc3-4)cc21. The van der Waals surface area contributed by atoms with E-state index in [0.29, 0.717) is 106 Å². The van der Waals surface area contributed by atoms with Crippen molar-refractivity contribution < 1.29 is 56.8 Å². The van der Waals surface area contributed by atoms with E-state index in [0.717, 1.165) is 130 Å². The summed E-state index contributed by atoms with van der Waals surface area (Å²) in [5, 5.41) is 0. The minimum Gasteiger partial charge on any atom is -0.491 e. The fraction of sp³-hybridized carbons (Fsp3) is 0.362. The van der Waals surface area contributed by atoms with Crippen LogP contribution in [0.1, 0.15) is 101 Å². The van der Waals surface area contributed by atoms with E-state index in [9.17, 15) is 0 Å². The maximum Gasteiger partial charge on any atom is 0.119 e. The Hall–Kier alpha value is -8.92. The molecule has 12 rings (SSSR count). The smallest absolute Gasteiger partial charge is 0.119 e. The van der Waals surface area contributed by atoms with Gasteiger partial charge < -0.3 is 56.8 Å². The molecule has 2 aliphatic rings. The van der Waals surface area contributed by atoms with Crippen LogP contribution in [0.15, 0.2) is 206 Å². The van der Waals surface area contributed by atoms with Crippen LogP contribution < -0.4 is 18.9 Å². The molecule has 0 atom stereocenters. The van der Waals surface area contributed by atoms with E-state index >= 15 is 0 Å². The average molecular weight is 1430 g/mol. The summed E-state index contributed by atoms with van der Waals surface area (Å²) in [6, 6.07) is 77.2. The number of methoxy groups -OCH3 is 4. The molecule has 0 spiro atoms. The van der Waals surface area contributed by atoms with Gasteiger partial charge in [0.25, 0.3) is 0 Å². The highest BCUT2D eigenvalue weighted by molar-refractivity contribution is 5.91. The zero-order chi connectivity index (χ0) is 73.5. The molecule has 0 unspecified atom stereocenters. The minimum absolute atomic E-state index is 0.180. The maximum absolute atomic E-state index is 6.11. The lowest BCUT2D eigenvalue weighted by atomic mass is 9.70. The molecule has 12 heteroatoms. The van der Waals surface area contributed by atoms with Crippen LogP contribution in [0, 0.1) is 0 Å². The molecule has 0 heterocycles. The lowest BCUT2D eigenvalue weighted by molar-refractivity contribution is 0.0544. The Morgan fingerprint density at radius 2 is 0.387 bits per heavy atom. The predicted octanol–water partition coefficient (Wildman–Crippen LogP) is 21.3. The van der Waals surface area contributed by atoms with Crippen molar-refractivity contribution >= 4 is 0 Å². The van der Waals surface area contributed by atoms with Crippen LogP contribution in [0.25, 0.3) is 100 Å². The summed E-state index contributed by atoms with van der Waals surface area (Å²) in [4.78, 5) is 0. The lowest BCUT2D eigenvalue weighted by Crippen LogP contribution is -2.25. The standard InChI is InChI=1S/C94H106O12/c1-9-37-93(38-10-2)89-63-71(21-33-85(89)87-35-23-73(65-91(87)93)79-59-75(67-13-25-81(26-14-67)103-53-49-99-45-41-95-5)57-76(60-79)68-15-27-82(28-16-68)104-54-50-100-46-42-96-6)72-22-34-86-88-36-24-74(66-92(88)94(39-11-3,40-12-4)90(86)64-72)80-61-77(69-17-29-83(30-18-69)105-55-51-101-47-43-97-7)58-78(62-80)70-19-31-84(32-20-70)106-56-52-102-48-44-98-8/h13-36,57-66H,9-12,37-56H2,1-8H3. The molecule has 106 heavy (non-hydrogen) atoms. The Labute approximate surface area is 629 Å². The first kappa shape index (κ1) is 76.7. The summed E-state index contributed by atoms with van der Waals surface area (Å²) in [6.07, 6.45) is 8.41. The van der Waals surface area contributed by atoms with Gasteiger partial charge in [0.15, 0.2) is 0 Å². The fourth-order valence-corrected chi connectivity index (χ4v) is 15.8. The molecule has 10 aromatic rings. The zero-order valence-electron chi connectivity index (χ0n) is 63.5. The highest BCUT2D eigenvalue weighted by Crippen LogP contribution is 2.58. The highest BCUT2D eigenvalue weighted by atomic mass is 16.6. The van der Waals surface area contributed by atoms with Crippen LogP contribution in [0.2, 0.25) is 0 Å². The van der Waals surface area contributed by atoms with Crippen molar-refractivity contribution in [1.82, 2.24) is 0 Å². The Balaban J connectivity index is 0.866. The van der Waals surface area contributed by atoms with Crippen molar-refractivity contribution in [3.8, 4) is 123 Å². The van der Waals surface area contributed by atoms with Gasteiger partial charge in [-0.05, 0) is 257 Å². The molecule has 0 N–H and O–H groups in total. The summed E-state index contributed by atoms with van der Waals surface area (Å²) >= 11 is 0. The molecule has 0 bridgehead atoms. The van der Waals surface area contributed by atoms with Crippen LogP contribution in [0.4, 0.5) is 0 Å². The molecule has 0 aliphatic heterocycles. The largest absolute Gasteiger partial charge is 0.491 e. The zero-order valence-corrected chi connectivity index (χ0v) is 63.5. The van der Waals surface area contributed by atoms with Crippen LogP contribution in [-0.4, -0.2) is 134 Å². The third-order valence-electron chi connectivity index (χ3n) is 20.8. The number of benzene rings is 10. The molecule has 2 aliphatic carbocycles. The van der Waals surface area contributed by atoms with Crippen LogP contribution in [0.3, 0.4) is 0 Å². The van der Waals surface area contributed by atoms with Gasteiger partial charge in [0, 0.05) is 39.3 Å². The molecule has 12 nitrogen and oxygen atoms in total. The third kappa shape index (κ3) is 18.2. The Morgan fingerprint density at radius 3 is 0.594 bits per heavy atom. The summed E-state index contributed by atoms with van der Waals surface area (Å²) in [7, 11) is 6.72. The van der Waals surface area contributed by atoms with Crippen molar-refractivity contribution in [3.05, 3.63) is 229 Å². The minimum atomic E-state index is -0.180. The van der Waals surface area contributed by atoms with Gasteiger partial charge in [0.05, 0.1) is 79.3 Å². The first-order valence-corrected chi connectivity index (χ1v) is 38.3. The topological polar surface area (TPSA) is 111 Å². The van der Waals surface area contributed by atoms with Crippen molar-refractivity contribution in [2.75, 3.05) is 134 Å². The van der Waals surface area contributed by atoms with Gasteiger partial charge in [0.2, 0.25) is 0 Å². The Morgan fingerprint density at radius 1 is 0.198 bits per heavy atom. The number of ether oxygens (including phenoxy) is 12. The number of fused-ring (bicyclic) bond motifs is 6. The number of hydrogen-bond acceptors (Lipinski definition) is 12. The van der Waals surface area contributed by atoms with Crippen molar-refractivity contribution in [2.24, 2.45) is 0 Å². The van der Waals surface area contributed by atoms with Crippen LogP contribution in [0.5, 0.6) is 23.0 Å². The monoisotopic (exact) mass is 1430 g/mol. The molecule has 0 aromatic heterocycles. The van der Waals surface area contributed by atoms with Crippen molar-refractivity contribution in [3.63, 3.8) is 0 Å². The highest BCUT2D eigenvalue weighted by Gasteiger charge is 2.44. The van der Waals surface area contributed by atoms with Crippen molar-refractivity contribution in [1.29, 1.82) is 0 Å². The number of rotatable bonds is 43. The van der Waals surface area contributed by atoms with Crippen LogP contribution >= 0.6 is 0 Å². The molecule has 0 radical (unpaired) electrons. The van der Waals surface area contributed by atoms with Crippen molar-refractivity contribution in [2.45, 2.75) is 89.9 Å². The summed E-state index contributed by atoms with van der Waals surface area (Å²) < 4.78 is 67.7. The molecular weight excluding hydrogens is 1320 g/mol. The van der Waals surface area contributed by atoms with E-state index in [1.807, 2.05) is 0 Å². The van der Waals surface area contributed by atoms with Crippen LogP contribution in [-0.2, 0) is 48.7 Å². The average Bonchev–Trinajstić information content (AvgIpc) is 1.56. The van der Waals surface area contributed by atoms with E-state index in [-0.39, 0.29) is 10.8 Å². The van der Waals surface area contributed by atoms with E-state index in [1.54, 1.807) is 28.4 Å². The van der Waals surface area contributed by atoms with Gasteiger partial charge in [-0.1, -0.05) is 150 Å². The van der Waals surface area contributed by atoms with Gasteiger partial charge in [0.1, 0.15) is 49.4 Å². The van der Waals surface area contributed by atoms with E-state index in [1.165, 1.54) is 66.8 Å². The summed E-state index contributed by atoms with van der Waals surface area (Å²) in [5.41, 5.74) is 26.9. The molecule has 554 valence electrons. The molecule has 0 fully saturated rings. The molecular formula is C94H106O12. The maximum atomic E-state index is 6.11. The second kappa shape index (κ2) is 38.1. The van der Waals surface area contributed by atoms with E-state index in [2.05, 4.69) is 234 Å². The fourth-order valence-electron chi connectivity index (χ4n) is 15.8. The summed E-state index contributed by atoms with van der Waals surface area (Å²) in [5.74, 6) is 3.21. The second-order valence-corrected chi connectivity index (χ2v) is 27.7. The molecule has 0 saturated heterocycles. The molecule has 0 saturated carbocycles. The first-order valence-electron chi connectivity index (χ1n) is 38.3. The normalized spacial score (nSPS) is 12.9.